The third-order valence-electron chi connectivity index (χ3n) is 5.31. The maximum absolute atomic E-state index is 12.7. The SMILES string of the molecule is CNC(=CC=NCNc1cc(C)cc(-c2cnc([C@]3(O)CCC(=O)NCC3O)s2)c1)C(F)(F)F. The summed E-state index contributed by atoms with van der Waals surface area (Å²) in [6.45, 7) is 1.90. The Morgan fingerprint density at radius 3 is 2.88 bits per heavy atom. The zero-order valence-corrected chi connectivity index (χ0v) is 19.4. The van der Waals surface area contributed by atoms with Gasteiger partial charge < -0.3 is 26.2 Å². The first kappa shape index (κ1) is 25.7. The van der Waals surface area contributed by atoms with E-state index in [1.54, 1.807) is 6.20 Å². The first-order valence-electron chi connectivity index (χ1n) is 10.5. The van der Waals surface area contributed by atoms with Crippen LogP contribution in [0.15, 0.2) is 41.2 Å². The van der Waals surface area contributed by atoms with Crippen molar-refractivity contribution in [2.75, 3.05) is 25.6 Å². The molecule has 1 saturated heterocycles. The highest BCUT2D eigenvalue weighted by atomic mass is 32.1. The molecule has 1 aliphatic heterocycles. The van der Waals surface area contributed by atoms with E-state index in [9.17, 15) is 28.2 Å². The average molecular weight is 498 g/mol. The van der Waals surface area contributed by atoms with E-state index in [0.29, 0.717) is 10.7 Å². The van der Waals surface area contributed by atoms with E-state index in [-0.39, 0.29) is 32.0 Å². The Kier molecular flexibility index (Phi) is 7.95. The van der Waals surface area contributed by atoms with E-state index in [4.69, 9.17) is 0 Å². The maximum atomic E-state index is 12.7. The number of aryl methyl sites for hydroxylation is 1. The summed E-state index contributed by atoms with van der Waals surface area (Å²) < 4.78 is 38.1. The number of carbonyl (C=O) groups excluding carboxylic acids is 1. The van der Waals surface area contributed by atoms with Crippen LogP contribution >= 0.6 is 11.3 Å². The molecule has 0 spiro atoms. The zero-order valence-electron chi connectivity index (χ0n) is 18.6. The van der Waals surface area contributed by atoms with E-state index in [1.807, 2.05) is 25.1 Å². The number of aliphatic hydroxyl groups excluding tert-OH is 1. The molecule has 1 fully saturated rings. The van der Waals surface area contributed by atoms with E-state index in [1.165, 1.54) is 18.4 Å². The van der Waals surface area contributed by atoms with Gasteiger partial charge in [0.2, 0.25) is 5.91 Å². The molecule has 1 aromatic heterocycles. The number of aliphatic imine (C=N–C) groups is 1. The van der Waals surface area contributed by atoms with Crippen LogP contribution in [0.4, 0.5) is 18.9 Å². The van der Waals surface area contributed by atoms with E-state index in [0.717, 1.165) is 28.3 Å². The number of anilines is 1. The third kappa shape index (κ3) is 6.13. The molecule has 2 heterocycles. The van der Waals surface area contributed by atoms with Gasteiger partial charge in [0.1, 0.15) is 29.1 Å². The van der Waals surface area contributed by atoms with Gasteiger partial charge in [0.05, 0.1) is 4.88 Å². The van der Waals surface area contributed by atoms with Crippen molar-refractivity contribution < 1.29 is 28.2 Å². The van der Waals surface area contributed by atoms with E-state index < -0.39 is 23.6 Å². The summed E-state index contributed by atoms with van der Waals surface area (Å²) in [7, 11) is 1.19. The molecule has 8 nitrogen and oxygen atoms in total. The summed E-state index contributed by atoms with van der Waals surface area (Å²) in [5.74, 6) is -0.236. The Labute approximate surface area is 198 Å². The molecule has 0 saturated carbocycles. The van der Waals surface area contributed by atoms with Gasteiger partial charge in [-0.15, -0.1) is 11.3 Å². The highest BCUT2D eigenvalue weighted by Gasteiger charge is 2.42. The number of thiazole rings is 1. The number of amides is 1. The molecule has 2 aromatic rings. The lowest BCUT2D eigenvalue weighted by Crippen LogP contribution is -2.43. The number of benzene rings is 1. The molecule has 1 amide bonds. The Hall–Kier alpha value is -2.96. The van der Waals surface area contributed by atoms with Crippen LogP contribution in [0, 0.1) is 6.92 Å². The van der Waals surface area contributed by atoms with Gasteiger partial charge in [-0.2, -0.15) is 13.2 Å². The van der Waals surface area contributed by atoms with E-state index >= 15 is 0 Å². The Balaban J connectivity index is 1.73. The minimum atomic E-state index is -4.47. The van der Waals surface area contributed by atoms with Gasteiger partial charge in [-0.25, -0.2) is 4.98 Å². The normalized spacial score (nSPS) is 21.9. The average Bonchev–Trinajstić information content (AvgIpc) is 3.23. The van der Waals surface area contributed by atoms with Crippen molar-refractivity contribution in [1.29, 1.82) is 0 Å². The first-order valence-corrected chi connectivity index (χ1v) is 11.3. The fourth-order valence-electron chi connectivity index (χ4n) is 3.46. The molecule has 5 N–H and O–H groups in total. The number of carbonyl (C=O) groups is 1. The monoisotopic (exact) mass is 497 g/mol. The van der Waals surface area contributed by atoms with Crippen molar-refractivity contribution in [3.8, 4) is 10.4 Å². The number of aromatic nitrogens is 1. The number of β-amino-alcohol motifs (C(OH)–C–C–N with tert-alkyl or cyclic N) is 1. The quantitative estimate of drug-likeness (QED) is 0.376. The second-order valence-corrected chi connectivity index (χ2v) is 8.89. The fraction of sp³-hybridized carbons (Fsp3) is 0.409. The summed E-state index contributed by atoms with van der Waals surface area (Å²) in [4.78, 5) is 20.7. The number of hydrogen-bond acceptors (Lipinski definition) is 8. The second kappa shape index (κ2) is 10.5. The van der Waals surface area contributed by atoms with Crippen LogP contribution in [0.3, 0.4) is 0 Å². The van der Waals surface area contributed by atoms with E-state index in [2.05, 4.69) is 25.9 Å². The number of nitrogens with zero attached hydrogens (tertiary/aromatic N) is 2. The number of alkyl halides is 3. The minimum absolute atomic E-state index is 0.0583. The predicted molar refractivity (Wildman–Crippen MR) is 125 cm³/mol. The molecule has 0 radical (unpaired) electrons. The maximum Gasteiger partial charge on any atom is 0.430 e. The van der Waals surface area contributed by atoms with Gasteiger partial charge in [0.15, 0.2) is 0 Å². The van der Waals surface area contributed by atoms with Crippen LogP contribution in [-0.4, -0.2) is 59.9 Å². The number of aliphatic hydroxyl groups is 2. The van der Waals surface area contributed by atoms with Crippen molar-refractivity contribution in [3.63, 3.8) is 0 Å². The van der Waals surface area contributed by atoms with Crippen molar-refractivity contribution in [3.05, 3.63) is 46.7 Å². The van der Waals surface area contributed by atoms with Gasteiger partial charge in [0, 0.05) is 38.1 Å². The van der Waals surface area contributed by atoms with Gasteiger partial charge >= 0.3 is 6.18 Å². The van der Waals surface area contributed by atoms with Crippen LogP contribution in [0.5, 0.6) is 0 Å². The largest absolute Gasteiger partial charge is 0.430 e. The Morgan fingerprint density at radius 2 is 2.18 bits per heavy atom. The van der Waals surface area contributed by atoms with Crippen LogP contribution in [0.25, 0.3) is 10.4 Å². The Morgan fingerprint density at radius 1 is 1.41 bits per heavy atom. The van der Waals surface area contributed by atoms with Gasteiger partial charge in [-0.3, -0.25) is 9.79 Å². The van der Waals surface area contributed by atoms with Gasteiger partial charge in [-0.1, -0.05) is 6.07 Å². The molecule has 0 aliphatic carbocycles. The molecular formula is C22H26F3N5O3S. The summed E-state index contributed by atoms with van der Waals surface area (Å²) in [6.07, 6.45) is -1.98. The van der Waals surface area contributed by atoms with Gasteiger partial charge in [0.25, 0.3) is 0 Å². The lowest BCUT2D eigenvalue weighted by Gasteiger charge is -2.28. The van der Waals surface area contributed by atoms with Crippen LogP contribution in [0.1, 0.15) is 23.4 Å². The van der Waals surface area contributed by atoms with Crippen molar-refractivity contribution in [2.24, 2.45) is 4.99 Å². The number of rotatable bonds is 7. The number of hydrogen-bond donors (Lipinski definition) is 5. The molecular weight excluding hydrogens is 471 g/mol. The molecule has 2 atom stereocenters. The lowest BCUT2D eigenvalue weighted by atomic mass is 9.93. The second-order valence-electron chi connectivity index (χ2n) is 7.86. The molecule has 0 bridgehead atoms. The topological polar surface area (TPSA) is 119 Å². The molecule has 184 valence electrons. The molecule has 3 rings (SSSR count). The van der Waals surface area contributed by atoms with Crippen LogP contribution in [0.2, 0.25) is 0 Å². The molecule has 34 heavy (non-hydrogen) atoms. The van der Waals surface area contributed by atoms with Crippen LogP contribution < -0.4 is 16.0 Å². The smallest absolute Gasteiger partial charge is 0.388 e. The first-order chi connectivity index (χ1) is 16.0. The highest BCUT2D eigenvalue weighted by Crippen LogP contribution is 2.38. The summed E-state index contributed by atoms with van der Waals surface area (Å²) in [6, 6.07) is 5.63. The zero-order chi connectivity index (χ0) is 24.9. The summed E-state index contributed by atoms with van der Waals surface area (Å²) in [5, 5.41) is 29.5. The number of halogens is 3. The molecule has 12 heteroatoms. The van der Waals surface area contributed by atoms with Crippen LogP contribution in [-0.2, 0) is 10.4 Å². The van der Waals surface area contributed by atoms with Crippen molar-refractivity contribution >= 4 is 29.1 Å². The third-order valence-corrected chi connectivity index (χ3v) is 6.52. The summed E-state index contributed by atoms with van der Waals surface area (Å²) in [5.41, 5.74) is -0.0749. The Bertz CT molecular complexity index is 1090. The summed E-state index contributed by atoms with van der Waals surface area (Å²) >= 11 is 1.22. The molecule has 1 aliphatic rings. The minimum Gasteiger partial charge on any atom is -0.388 e. The standard InChI is InChI=1S/C22H26F3N5O3S/c1-13-7-14(9-15(8-13)30-12-27-6-4-17(26-2)22(23,24)25)16-10-29-20(34-16)21(33)5-3-19(32)28-11-18(21)31/h4,6-10,18,26,30-31,33H,3,5,11-12H2,1-2H3,(H,28,32)/t18?,21-/m0/s1. The number of allylic oxidation sites excluding steroid dienone is 2. The predicted octanol–water partition coefficient (Wildman–Crippen LogP) is 2.68. The molecule has 1 aromatic carbocycles. The highest BCUT2D eigenvalue weighted by molar-refractivity contribution is 7.15. The van der Waals surface area contributed by atoms with Gasteiger partial charge in [-0.05, 0) is 42.7 Å². The lowest BCUT2D eigenvalue weighted by molar-refractivity contribution is -0.121. The van der Waals surface area contributed by atoms with Crippen molar-refractivity contribution in [2.45, 2.75) is 37.6 Å². The molecule has 1 unspecified atom stereocenters. The van der Waals surface area contributed by atoms with Crippen molar-refractivity contribution in [1.82, 2.24) is 15.6 Å². The number of nitrogens with one attached hydrogen (secondary N) is 3. The fourth-order valence-corrected chi connectivity index (χ4v) is 4.53.